The van der Waals surface area contributed by atoms with Crippen LogP contribution in [0.2, 0.25) is 0 Å². The molecule has 0 amide bonds. The Labute approximate surface area is 132 Å². The molecule has 2 aromatic heterocycles. The van der Waals surface area contributed by atoms with Crippen LogP contribution in [-0.4, -0.2) is 26.8 Å². The first kappa shape index (κ1) is 15.2. The van der Waals surface area contributed by atoms with Gasteiger partial charge in [-0.15, -0.1) is 11.3 Å². The van der Waals surface area contributed by atoms with E-state index in [1.54, 1.807) is 13.2 Å². The van der Waals surface area contributed by atoms with Crippen molar-refractivity contribution in [2.24, 2.45) is 7.05 Å². The highest BCUT2D eigenvalue weighted by atomic mass is 32.1. The second-order valence-corrected chi connectivity index (χ2v) is 6.49. The summed E-state index contributed by atoms with van der Waals surface area (Å²) in [6.45, 7) is 2.89. The minimum Gasteiger partial charge on any atom is -0.376 e. The third-order valence-electron chi connectivity index (χ3n) is 3.84. The first-order valence-corrected chi connectivity index (χ1v) is 8.29. The van der Waals surface area contributed by atoms with E-state index in [9.17, 15) is 9.59 Å². The summed E-state index contributed by atoms with van der Waals surface area (Å²) in [6, 6.07) is 0. The average molecular weight is 321 g/mol. The summed E-state index contributed by atoms with van der Waals surface area (Å²) < 4.78 is 8.38. The summed E-state index contributed by atoms with van der Waals surface area (Å²) in [6.07, 6.45) is 4.51. The van der Waals surface area contributed by atoms with Gasteiger partial charge in [-0.05, 0) is 26.2 Å². The number of thiazole rings is 1. The number of aryl methyl sites for hydroxylation is 2. The van der Waals surface area contributed by atoms with Crippen molar-refractivity contribution in [3.05, 3.63) is 38.1 Å². The number of hydrogen-bond acceptors (Lipinski definition) is 5. The topological polar surface area (TPSA) is 66.1 Å². The Bertz CT molecular complexity index is 784. The molecule has 7 heteroatoms. The van der Waals surface area contributed by atoms with E-state index in [0.29, 0.717) is 23.7 Å². The van der Waals surface area contributed by atoms with E-state index in [1.807, 2.05) is 12.3 Å². The van der Waals surface area contributed by atoms with E-state index >= 15 is 0 Å². The summed E-state index contributed by atoms with van der Waals surface area (Å²) in [5, 5.41) is 2.55. The Kier molecular flexibility index (Phi) is 4.26. The van der Waals surface area contributed by atoms with Gasteiger partial charge in [-0.3, -0.25) is 9.36 Å². The Morgan fingerprint density at radius 3 is 2.86 bits per heavy atom. The van der Waals surface area contributed by atoms with Crippen LogP contribution in [0.5, 0.6) is 0 Å². The predicted octanol–water partition coefficient (Wildman–Crippen LogP) is 1.55. The molecular weight excluding hydrogens is 302 g/mol. The summed E-state index contributed by atoms with van der Waals surface area (Å²) in [4.78, 5) is 29.4. The van der Waals surface area contributed by atoms with Crippen LogP contribution in [0.4, 0.5) is 0 Å². The SMILES string of the molecule is Cc1csc(-c2cn(C)c(=O)n(CC3CCCCO3)c2=O)n1. The highest BCUT2D eigenvalue weighted by Crippen LogP contribution is 2.20. The smallest absolute Gasteiger partial charge is 0.330 e. The molecule has 1 saturated heterocycles. The lowest BCUT2D eigenvalue weighted by atomic mass is 10.1. The minimum absolute atomic E-state index is 0.0626. The average Bonchev–Trinajstić information content (AvgIpc) is 2.95. The number of ether oxygens (including phenoxy) is 1. The molecule has 3 rings (SSSR count). The van der Waals surface area contributed by atoms with Gasteiger partial charge in [-0.25, -0.2) is 9.78 Å². The van der Waals surface area contributed by atoms with Gasteiger partial charge in [0.25, 0.3) is 5.56 Å². The molecule has 0 spiro atoms. The molecule has 3 heterocycles. The maximum absolute atomic E-state index is 12.7. The Morgan fingerprint density at radius 2 is 2.23 bits per heavy atom. The van der Waals surface area contributed by atoms with Gasteiger partial charge in [0.1, 0.15) is 5.01 Å². The zero-order valence-electron chi connectivity index (χ0n) is 12.7. The summed E-state index contributed by atoms with van der Waals surface area (Å²) >= 11 is 1.42. The molecule has 0 N–H and O–H groups in total. The molecule has 6 nitrogen and oxygen atoms in total. The van der Waals surface area contributed by atoms with Gasteiger partial charge < -0.3 is 9.30 Å². The van der Waals surface area contributed by atoms with Crippen molar-refractivity contribution >= 4 is 11.3 Å². The molecular formula is C15H19N3O3S. The van der Waals surface area contributed by atoms with E-state index in [4.69, 9.17) is 4.74 Å². The van der Waals surface area contributed by atoms with Gasteiger partial charge in [-0.1, -0.05) is 0 Å². The van der Waals surface area contributed by atoms with Crippen molar-refractivity contribution in [3.63, 3.8) is 0 Å². The summed E-state index contributed by atoms with van der Waals surface area (Å²) in [7, 11) is 1.66. The van der Waals surface area contributed by atoms with E-state index in [0.717, 1.165) is 25.0 Å². The lowest BCUT2D eigenvalue weighted by Gasteiger charge is -2.23. The maximum Gasteiger partial charge on any atom is 0.330 e. The molecule has 0 aliphatic carbocycles. The fourth-order valence-corrected chi connectivity index (χ4v) is 3.47. The van der Waals surface area contributed by atoms with Gasteiger partial charge in [0, 0.05) is 30.9 Å². The highest BCUT2D eigenvalue weighted by Gasteiger charge is 2.19. The third kappa shape index (κ3) is 2.91. The molecule has 1 unspecified atom stereocenters. The van der Waals surface area contributed by atoms with Crippen molar-refractivity contribution in [1.29, 1.82) is 0 Å². The summed E-state index contributed by atoms with van der Waals surface area (Å²) in [5.74, 6) is 0. The van der Waals surface area contributed by atoms with Crippen molar-refractivity contribution in [3.8, 4) is 10.6 Å². The van der Waals surface area contributed by atoms with Crippen LogP contribution in [0.3, 0.4) is 0 Å². The lowest BCUT2D eigenvalue weighted by molar-refractivity contribution is 0.00455. The van der Waals surface area contributed by atoms with Crippen LogP contribution in [0, 0.1) is 6.92 Å². The number of aromatic nitrogens is 3. The summed E-state index contributed by atoms with van der Waals surface area (Å²) in [5.41, 5.74) is 0.745. The monoisotopic (exact) mass is 321 g/mol. The number of rotatable bonds is 3. The fraction of sp³-hybridized carbons (Fsp3) is 0.533. The van der Waals surface area contributed by atoms with Crippen molar-refractivity contribution in [1.82, 2.24) is 14.1 Å². The predicted molar refractivity (Wildman–Crippen MR) is 85.4 cm³/mol. The molecule has 1 aliphatic rings. The standard InChI is InChI=1S/C15H19N3O3S/c1-10-9-22-13(16-10)12-8-17(2)15(20)18(14(12)19)7-11-5-3-4-6-21-11/h8-9,11H,3-7H2,1-2H3. The van der Waals surface area contributed by atoms with Gasteiger partial charge in [0.15, 0.2) is 0 Å². The van der Waals surface area contributed by atoms with Crippen LogP contribution >= 0.6 is 11.3 Å². The van der Waals surface area contributed by atoms with Gasteiger partial charge >= 0.3 is 5.69 Å². The van der Waals surface area contributed by atoms with Crippen LogP contribution in [0.1, 0.15) is 25.0 Å². The van der Waals surface area contributed by atoms with E-state index in [1.165, 1.54) is 20.5 Å². The Hall–Kier alpha value is -1.73. The third-order valence-corrected chi connectivity index (χ3v) is 4.83. The van der Waals surface area contributed by atoms with Crippen LogP contribution in [0.15, 0.2) is 21.2 Å². The van der Waals surface area contributed by atoms with Gasteiger partial charge in [0.05, 0.1) is 18.2 Å². The molecule has 2 aromatic rings. The first-order chi connectivity index (χ1) is 10.6. The van der Waals surface area contributed by atoms with Crippen LogP contribution in [0.25, 0.3) is 10.6 Å². The van der Waals surface area contributed by atoms with E-state index in [-0.39, 0.29) is 17.4 Å². The normalized spacial score (nSPS) is 18.5. The van der Waals surface area contributed by atoms with Crippen molar-refractivity contribution in [2.45, 2.75) is 38.8 Å². The fourth-order valence-electron chi connectivity index (χ4n) is 2.67. The molecule has 1 atom stereocenters. The number of nitrogens with zero attached hydrogens (tertiary/aromatic N) is 3. The minimum atomic E-state index is -0.309. The second kappa shape index (κ2) is 6.18. The molecule has 0 saturated carbocycles. The number of hydrogen-bond donors (Lipinski definition) is 0. The first-order valence-electron chi connectivity index (χ1n) is 7.41. The highest BCUT2D eigenvalue weighted by molar-refractivity contribution is 7.13. The molecule has 22 heavy (non-hydrogen) atoms. The lowest BCUT2D eigenvalue weighted by Crippen LogP contribution is -2.43. The van der Waals surface area contributed by atoms with Crippen molar-refractivity contribution < 1.29 is 4.74 Å². The van der Waals surface area contributed by atoms with Gasteiger partial charge in [-0.2, -0.15) is 0 Å². The molecule has 1 aliphatic heterocycles. The van der Waals surface area contributed by atoms with E-state index in [2.05, 4.69) is 4.98 Å². The molecule has 118 valence electrons. The zero-order valence-corrected chi connectivity index (χ0v) is 13.6. The Morgan fingerprint density at radius 1 is 1.41 bits per heavy atom. The quantitative estimate of drug-likeness (QED) is 0.860. The van der Waals surface area contributed by atoms with E-state index < -0.39 is 0 Å². The largest absolute Gasteiger partial charge is 0.376 e. The molecule has 0 aromatic carbocycles. The van der Waals surface area contributed by atoms with Crippen molar-refractivity contribution in [2.75, 3.05) is 6.61 Å². The zero-order chi connectivity index (χ0) is 15.7. The molecule has 0 radical (unpaired) electrons. The van der Waals surface area contributed by atoms with Crippen LogP contribution < -0.4 is 11.2 Å². The second-order valence-electron chi connectivity index (χ2n) is 5.63. The molecule has 1 fully saturated rings. The Balaban J connectivity index is 2.03. The maximum atomic E-state index is 12.7. The molecule has 0 bridgehead atoms. The van der Waals surface area contributed by atoms with Gasteiger partial charge in [0.2, 0.25) is 0 Å². The van der Waals surface area contributed by atoms with Crippen LogP contribution in [-0.2, 0) is 18.3 Å².